The van der Waals surface area contributed by atoms with Crippen molar-refractivity contribution in [2.45, 2.75) is 25.6 Å². The molecule has 7 nitrogen and oxygen atoms in total. The van der Waals surface area contributed by atoms with Gasteiger partial charge in [0.2, 0.25) is 5.91 Å². The van der Waals surface area contributed by atoms with Crippen molar-refractivity contribution in [3.63, 3.8) is 0 Å². The third-order valence-electron chi connectivity index (χ3n) is 4.98. The molecule has 3 aromatic rings. The number of hydrogen-bond donors (Lipinski definition) is 1. The molecule has 0 spiro atoms. The smallest absolute Gasteiger partial charge is 0.229 e. The third kappa shape index (κ3) is 4.81. The second-order valence-corrected chi connectivity index (χ2v) is 7.27. The number of rotatable bonds is 6. The Kier molecular flexibility index (Phi) is 5.70. The van der Waals surface area contributed by atoms with E-state index in [0.29, 0.717) is 30.9 Å². The summed E-state index contributed by atoms with van der Waals surface area (Å²) >= 11 is 0. The summed E-state index contributed by atoms with van der Waals surface area (Å²) in [4.78, 5) is 18.6. The molecule has 0 saturated carbocycles. The van der Waals surface area contributed by atoms with E-state index in [0.717, 1.165) is 23.5 Å². The minimum atomic E-state index is -0.761. The van der Waals surface area contributed by atoms with Gasteiger partial charge in [0.05, 0.1) is 24.2 Å². The number of alkyl halides is 1. The van der Waals surface area contributed by atoms with Gasteiger partial charge in [-0.15, -0.1) is 0 Å². The van der Waals surface area contributed by atoms with Crippen LogP contribution in [-0.2, 0) is 17.8 Å². The molecule has 0 unspecified atom stereocenters. The van der Waals surface area contributed by atoms with Crippen LogP contribution in [0.2, 0.25) is 0 Å². The van der Waals surface area contributed by atoms with E-state index in [9.17, 15) is 9.18 Å². The van der Waals surface area contributed by atoms with Crippen molar-refractivity contribution in [3.05, 3.63) is 71.7 Å². The van der Waals surface area contributed by atoms with Gasteiger partial charge in [-0.2, -0.15) is 10.4 Å². The monoisotopic (exact) mass is 404 g/mol. The number of halogens is 1. The molecule has 152 valence electrons. The van der Waals surface area contributed by atoms with Gasteiger partial charge in [0, 0.05) is 37.2 Å². The van der Waals surface area contributed by atoms with Crippen LogP contribution in [-0.4, -0.2) is 39.9 Å². The molecule has 1 fully saturated rings. The maximum atomic E-state index is 13.4. The summed E-state index contributed by atoms with van der Waals surface area (Å²) in [6.45, 7) is 1.60. The molecule has 0 bridgehead atoms. The first-order chi connectivity index (χ1) is 14.6. The second-order valence-electron chi connectivity index (χ2n) is 7.27. The van der Waals surface area contributed by atoms with Crippen LogP contribution in [0.1, 0.15) is 23.2 Å². The van der Waals surface area contributed by atoms with Gasteiger partial charge in [-0.25, -0.2) is 4.39 Å². The fourth-order valence-electron chi connectivity index (χ4n) is 3.42. The van der Waals surface area contributed by atoms with Crippen LogP contribution in [0.3, 0.4) is 0 Å². The Bertz CT molecular complexity index is 1050. The number of nitriles is 1. The summed E-state index contributed by atoms with van der Waals surface area (Å²) in [6.07, 6.45) is 3.32. The topological polar surface area (TPSA) is 86.8 Å². The van der Waals surface area contributed by atoms with Gasteiger partial charge in [-0.3, -0.25) is 14.5 Å². The number of hydrogen-bond acceptors (Lipinski definition) is 5. The molecule has 1 saturated heterocycles. The van der Waals surface area contributed by atoms with E-state index >= 15 is 0 Å². The van der Waals surface area contributed by atoms with Gasteiger partial charge in [0.25, 0.3) is 0 Å². The average Bonchev–Trinajstić information content (AvgIpc) is 3.38. The fourth-order valence-corrected chi connectivity index (χ4v) is 3.42. The summed E-state index contributed by atoms with van der Waals surface area (Å²) in [5.74, 6) is 0.311. The molecule has 1 N–H and O–H groups in total. The quantitative estimate of drug-likeness (QED) is 0.683. The summed E-state index contributed by atoms with van der Waals surface area (Å²) < 4.78 is 15.0. The molecule has 30 heavy (non-hydrogen) atoms. The Morgan fingerprint density at radius 1 is 1.23 bits per heavy atom. The van der Waals surface area contributed by atoms with Crippen molar-refractivity contribution >= 4 is 17.4 Å². The Morgan fingerprint density at radius 3 is 2.73 bits per heavy atom. The lowest BCUT2D eigenvalue weighted by Gasteiger charge is -2.17. The normalized spacial score (nSPS) is 15.7. The van der Waals surface area contributed by atoms with Crippen LogP contribution in [0, 0.1) is 11.3 Å². The molecule has 1 aromatic carbocycles. The van der Waals surface area contributed by atoms with Crippen LogP contribution in [0.25, 0.3) is 0 Å². The summed E-state index contributed by atoms with van der Waals surface area (Å²) in [5.41, 5.74) is 3.14. The number of nitrogens with zero attached hydrogens (tertiary/aromatic N) is 5. The first kappa shape index (κ1) is 19.6. The molecule has 4 rings (SSSR count). The van der Waals surface area contributed by atoms with Crippen LogP contribution >= 0.6 is 0 Å². The highest BCUT2D eigenvalue weighted by atomic mass is 19.1. The minimum Gasteiger partial charge on any atom is -0.369 e. The molecule has 0 aliphatic carbocycles. The predicted molar refractivity (Wildman–Crippen MR) is 111 cm³/mol. The standard InChI is InChI=1S/C22H21FN6O/c23-18-7-9-28(14-18)20-5-2-16(3-6-20)11-22(30)26-21-8-10-29(27-21)15-19-4-1-17(12-24)13-25-19/h1-6,8,10,13,18H,7,9,11,14-15H2,(H,26,27,30)/t18-/m1/s1. The van der Waals surface area contributed by atoms with Crippen molar-refractivity contribution < 1.29 is 9.18 Å². The number of benzene rings is 1. The molecular formula is C22H21FN6O. The average molecular weight is 404 g/mol. The van der Waals surface area contributed by atoms with E-state index in [1.54, 1.807) is 29.1 Å². The first-order valence-electron chi connectivity index (χ1n) is 9.75. The van der Waals surface area contributed by atoms with Gasteiger partial charge >= 0.3 is 0 Å². The lowest BCUT2D eigenvalue weighted by molar-refractivity contribution is -0.115. The van der Waals surface area contributed by atoms with Crippen LogP contribution in [0.15, 0.2) is 54.9 Å². The van der Waals surface area contributed by atoms with Gasteiger partial charge in [0.1, 0.15) is 12.2 Å². The minimum absolute atomic E-state index is 0.158. The zero-order valence-corrected chi connectivity index (χ0v) is 16.3. The first-order valence-corrected chi connectivity index (χ1v) is 9.75. The Labute approximate surface area is 173 Å². The maximum Gasteiger partial charge on any atom is 0.229 e. The van der Waals surface area contributed by atoms with Crippen molar-refractivity contribution in [1.29, 1.82) is 5.26 Å². The molecule has 1 atom stereocenters. The zero-order chi connectivity index (χ0) is 20.9. The molecular weight excluding hydrogens is 383 g/mol. The summed E-state index contributed by atoms with van der Waals surface area (Å²) in [6, 6.07) is 14.9. The highest BCUT2D eigenvalue weighted by Gasteiger charge is 2.21. The van der Waals surface area contributed by atoms with Crippen molar-refractivity contribution in [1.82, 2.24) is 14.8 Å². The third-order valence-corrected chi connectivity index (χ3v) is 4.98. The van der Waals surface area contributed by atoms with Crippen LogP contribution < -0.4 is 10.2 Å². The summed E-state index contributed by atoms with van der Waals surface area (Å²) in [7, 11) is 0. The number of amides is 1. The lowest BCUT2D eigenvalue weighted by atomic mass is 10.1. The van der Waals surface area contributed by atoms with E-state index in [-0.39, 0.29) is 12.3 Å². The molecule has 2 aromatic heterocycles. The second kappa shape index (κ2) is 8.74. The van der Waals surface area contributed by atoms with Crippen LogP contribution in [0.4, 0.5) is 15.9 Å². The van der Waals surface area contributed by atoms with Crippen molar-refractivity contribution in [2.24, 2.45) is 0 Å². The van der Waals surface area contributed by atoms with Gasteiger partial charge in [0.15, 0.2) is 5.82 Å². The molecule has 1 aliphatic rings. The number of carbonyl (C=O) groups excluding carboxylic acids is 1. The Balaban J connectivity index is 1.30. The molecule has 0 radical (unpaired) electrons. The molecule has 1 amide bonds. The highest BCUT2D eigenvalue weighted by Crippen LogP contribution is 2.22. The van der Waals surface area contributed by atoms with E-state index < -0.39 is 6.17 Å². The number of carbonyl (C=O) groups is 1. The number of aromatic nitrogens is 3. The Morgan fingerprint density at radius 2 is 2.07 bits per heavy atom. The Hall–Kier alpha value is -3.73. The van der Waals surface area contributed by atoms with E-state index in [1.807, 2.05) is 35.2 Å². The van der Waals surface area contributed by atoms with Crippen LogP contribution in [0.5, 0.6) is 0 Å². The number of anilines is 2. The molecule has 8 heteroatoms. The predicted octanol–water partition coefficient (Wildman–Crippen LogP) is 2.93. The maximum absolute atomic E-state index is 13.4. The van der Waals surface area contributed by atoms with Gasteiger partial charge in [-0.05, 0) is 36.2 Å². The van der Waals surface area contributed by atoms with E-state index in [1.165, 1.54) is 6.20 Å². The summed E-state index contributed by atoms with van der Waals surface area (Å²) in [5, 5.41) is 16.0. The fraction of sp³-hybridized carbons (Fsp3) is 0.273. The largest absolute Gasteiger partial charge is 0.369 e. The SMILES string of the molecule is N#Cc1ccc(Cn2ccc(NC(=O)Cc3ccc(N4CC[C@@H](F)C4)cc3)n2)nc1. The van der Waals surface area contributed by atoms with Gasteiger partial charge < -0.3 is 10.2 Å². The molecule has 1 aliphatic heterocycles. The highest BCUT2D eigenvalue weighted by molar-refractivity contribution is 5.91. The van der Waals surface area contributed by atoms with Crippen molar-refractivity contribution in [3.8, 4) is 6.07 Å². The number of pyridine rings is 1. The zero-order valence-electron chi connectivity index (χ0n) is 16.3. The number of nitrogens with one attached hydrogen (secondary N) is 1. The van der Waals surface area contributed by atoms with Crippen molar-refractivity contribution in [2.75, 3.05) is 23.3 Å². The lowest BCUT2D eigenvalue weighted by Crippen LogP contribution is -2.20. The molecule has 3 heterocycles. The van der Waals surface area contributed by atoms with E-state index in [2.05, 4.69) is 15.4 Å². The van der Waals surface area contributed by atoms with Gasteiger partial charge in [-0.1, -0.05) is 12.1 Å². The van der Waals surface area contributed by atoms with E-state index in [4.69, 9.17) is 5.26 Å².